The van der Waals surface area contributed by atoms with E-state index in [2.05, 4.69) is 0 Å². The Kier molecular flexibility index (Phi) is 2.96. The lowest BCUT2D eigenvalue weighted by Crippen LogP contribution is -1.89. The molecule has 0 saturated heterocycles. The summed E-state index contributed by atoms with van der Waals surface area (Å²) in [6.07, 6.45) is 11.8. The molecule has 0 unspecified atom stereocenters. The highest BCUT2D eigenvalue weighted by atomic mass is 16.1. The summed E-state index contributed by atoms with van der Waals surface area (Å²) < 4.78 is 0. The minimum atomic E-state index is 0.172. The molecule has 60 valence electrons. The van der Waals surface area contributed by atoms with E-state index in [0.717, 1.165) is 0 Å². The molecular formula is C10H8O2. The van der Waals surface area contributed by atoms with Crippen molar-refractivity contribution in [2.45, 2.75) is 0 Å². The first-order chi connectivity index (χ1) is 5.88. The number of carbonyl (C=O) groups is 2. The summed E-state index contributed by atoms with van der Waals surface area (Å²) in [6.45, 7) is 0. The van der Waals surface area contributed by atoms with Crippen LogP contribution in [0.4, 0.5) is 0 Å². The van der Waals surface area contributed by atoms with Gasteiger partial charge < -0.3 is 0 Å². The van der Waals surface area contributed by atoms with Gasteiger partial charge in [-0.05, 0) is 5.57 Å². The molecule has 0 fully saturated rings. The third-order valence-corrected chi connectivity index (χ3v) is 1.47. The highest BCUT2D eigenvalue weighted by Gasteiger charge is 1.98. The molecule has 2 nitrogen and oxygen atoms in total. The SMILES string of the molecule is O=CC(C=O)=C1C=CC=CC=C1. The van der Waals surface area contributed by atoms with Crippen LogP contribution in [0.1, 0.15) is 0 Å². The van der Waals surface area contributed by atoms with Gasteiger partial charge in [0.2, 0.25) is 0 Å². The standard InChI is InChI=1S/C10H8O2/c11-7-10(8-12)9-5-3-1-2-4-6-9/h1-8H. The van der Waals surface area contributed by atoms with E-state index in [1.165, 1.54) is 0 Å². The average molecular weight is 160 g/mol. The van der Waals surface area contributed by atoms with E-state index in [1.807, 2.05) is 12.2 Å². The zero-order valence-corrected chi connectivity index (χ0v) is 6.44. The van der Waals surface area contributed by atoms with Gasteiger partial charge in [0, 0.05) is 0 Å². The molecule has 0 heterocycles. The maximum absolute atomic E-state index is 10.4. The Labute approximate surface area is 70.6 Å². The van der Waals surface area contributed by atoms with Crippen molar-refractivity contribution in [1.29, 1.82) is 0 Å². The molecule has 0 radical (unpaired) electrons. The molecular weight excluding hydrogens is 152 g/mol. The zero-order valence-electron chi connectivity index (χ0n) is 6.44. The minimum absolute atomic E-state index is 0.172. The van der Waals surface area contributed by atoms with Crippen molar-refractivity contribution in [3.8, 4) is 0 Å². The van der Waals surface area contributed by atoms with Gasteiger partial charge in [0.25, 0.3) is 0 Å². The second-order valence-corrected chi connectivity index (χ2v) is 2.25. The lowest BCUT2D eigenvalue weighted by atomic mass is 10.1. The Bertz CT molecular complexity index is 276. The number of rotatable bonds is 2. The highest BCUT2D eigenvalue weighted by molar-refractivity contribution is 6.01. The second kappa shape index (κ2) is 4.23. The van der Waals surface area contributed by atoms with E-state index >= 15 is 0 Å². The van der Waals surface area contributed by atoms with Crippen LogP contribution in [0.5, 0.6) is 0 Å². The summed E-state index contributed by atoms with van der Waals surface area (Å²) in [5.41, 5.74) is 0.816. The van der Waals surface area contributed by atoms with E-state index in [9.17, 15) is 9.59 Å². The average Bonchev–Trinajstić information content (AvgIpc) is 2.35. The summed E-state index contributed by atoms with van der Waals surface area (Å²) in [7, 11) is 0. The molecule has 1 rings (SSSR count). The van der Waals surface area contributed by atoms with Crippen LogP contribution in [0.15, 0.2) is 47.6 Å². The van der Waals surface area contributed by atoms with Gasteiger partial charge in [-0.2, -0.15) is 0 Å². The van der Waals surface area contributed by atoms with Gasteiger partial charge >= 0.3 is 0 Å². The molecule has 0 aromatic heterocycles. The molecule has 0 amide bonds. The van der Waals surface area contributed by atoms with E-state index in [-0.39, 0.29) is 5.57 Å². The third kappa shape index (κ3) is 1.89. The minimum Gasteiger partial charge on any atom is -0.298 e. The molecule has 1 aliphatic rings. The molecule has 2 heteroatoms. The van der Waals surface area contributed by atoms with E-state index in [4.69, 9.17) is 0 Å². The number of carbonyl (C=O) groups excluding carboxylic acids is 2. The Morgan fingerprint density at radius 3 is 1.83 bits per heavy atom. The van der Waals surface area contributed by atoms with Crippen molar-refractivity contribution in [2.24, 2.45) is 0 Å². The fourth-order valence-corrected chi connectivity index (χ4v) is 0.859. The Morgan fingerprint density at radius 1 is 0.917 bits per heavy atom. The highest BCUT2D eigenvalue weighted by Crippen LogP contribution is 2.07. The molecule has 0 aromatic rings. The van der Waals surface area contributed by atoms with Gasteiger partial charge in [0.05, 0.1) is 5.57 Å². The fourth-order valence-electron chi connectivity index (χ4n) is 0.859. The lowest BCUT2D eigenvalue weighted by molar-refractivity contribution is -0.109. The van der Waals surface area contributed by atoms with Crippen LogP contribution in [0.25, 0.3) is 0 Å². The maximum atomic E-state index is 10.4. The second-order valence-electron chi connectivity index (χ2n) is 2.25. The summed E-state index contributed by atoms with van der Waals surface area (Å²) in [4.78, 5) is 20.7. The molecule has 0 N–H and O–H groups in total. The van der Waals surface area contributed by atoms with Crippen molar-refractivity contribution >= 4 is 12.6 Å². The number of allylic oxidation sites excluding steroid dienone is 8. The lowest BCUT2D eigenvalue weighted by Gasteiger charge is -1.92. The van der Waals surface area contributed by atoms with Crippen LogP contribution in [0.3, 0.4) is 0 Å². The van der Waals surface area contributed by atoms with Crippen molar-refractivity contribution < 1.29 is 9.59 Å². The molecule has 0 atom stereocenters. The van der Waals surface area contributed by atoms with Crippen LogP contribution in [-0.4, -0.2) is 12.6 Å². The van der Waals surface area contributed by atoms with Gasteiger partial charge in [-0.3, -0.25) is 9.59 Å². The van der Waals surface area contributed by atoms with Crippen molar-refractivity contribution in [3.63, 3.8) is 0 Å². The first-order valence-corrected chi connectivity index (χ1v) is 3.54. The van der Waals surface area contributed by atoms with Gasteiger partial charge in [0.1, 0.15) is 0 Å². The van der Waals surface area contributed by atoms with Gasteiger partial charge in [0.15, 0.2) is 12.6 Å². The molecule has 0 saturated carbocycles. The van der Waals surface area contributed by atoms with E-state index in [0.29, 0.717) is 18.1 Å². The van der Waals surface area contributed by atoms with Gasteiger partial charge in [-0.1, -0.05) is 36.5 Å². The molecule has 12 heavy (non-hydrogen) atoms. The monoisotopic (exact) mass is 160 g/mol. The first kappa shape index (κ1) is 8.40. The predicted octanol–water partition coefficient (Wildman–Crippen LogP) is 1.36. The van der Waals surface area contributed by atoms with Crippen molar-refractivity contribution in [3.05, 3.63) is 47.6 Å². The fraction of sp³-hybridized carbons (Fsp3) is 0. The van der Waals surface area contributed by atoms with E-state index in [1.54, 1.807) is 24.3 Å². The largest absolute Gasteiger partial charge is 0.298 e. The molecule has 0 aliphatic heterocycles. The quantitative estimate of drug-likeness (QED) is 0.264. The zero-order chi connectivity index (χ0) is 8.81. The topological polar surface area (TPSA) is 34.1 Å². The Hall–Kier alpha value is -1.70. The van der Waals surface area contributed by atoms with Gasteiger partial charge in [-0.25, -0.2) is 0 Å². The van der Waals surface area contributed by atoms with E-state index < -0.39 is 0 Å². The number of hydrogen-bond acceptors (Lipinski definition) is 2. The normalized spacial score (nSPS) is 14.2. The summed E-state index contributed by atoms with van der Waals surface area (Å²) in [5, 5.41) is 0. The summed E-state index contributed by atoms with van der Waals surface area (Å²) in [5.74, 6) is 0. The first-order valence-electron chi connectivity index (χ1n) is 3.54. The van der Waals surface area contributed by atoms with Gasteiger partial charge in [-0.15, -0.1) is 0 Å². The van der Waals surface area contributed by atoms with Crippen LogP contribution >= 0.6 is 0 Å². The molecule has 1 aliphatic carbocycles. The summed E-state index contributed by atoms with van der Waals surface area (Å²) in [6, 6.07) is 0. The van der Waals surface area contributed by atoms with Crippen LogP contribution < -0.4 is 0 Å². The van der Waals surface area contributed by atoms with Crippen molar-refractivity contribution in [1.82, 2.24) is 0 Å². The number of hydrogen-bond donors (Lipinski definition) is 0. The Morgan fingerprint density at radius 2 is 1.42 bits per heavy atom. The maximum Gasteiger partial charge on any atom is 0.153 e. The van der Waals surface area contributed by atoms with Crippen molar-refractivity contribution in [2.75, 3.05) is 0 Å². The predicted molar refractivity (Wildman–Crippen MR) is 46.6 cm³/mol. The molecule has 0 bridgehead atoms. The Balaban J connectivity index is 3.08. The molecule has 0 spiro atoms. The van der Waals surface area contributed by atoms with Crippen LogP contribution in [0.2, 0.25) is 0 Å². The number of aldehydes is 2. The smallest absolute Gasteiger partial charge is 0.153 e. The third-order valence-electron chi connectivity index (χ3n) is 1.47. The molecule has 0 aromatic carbocycles. The van der Waals surface area contributed by atoms with Crippen LogP contribution in [0, 0.1) is 0 Å². The summed E-state index contributed by atoms with van der Waals surface area (Å²) >= 11 is 0. The van der Waals surface area contributed by atoms with Crippen LogP contribution in [-0.2, 0) is 9.59 Å².